The first-order valence-corrected chi connectivity index (χ1v) is 17.4. The van der Waals surface area contributed by atoms with E-state index in [9.17, 15) is 0 Å². The number of benzene rings is 2. The maximum Gasteiger partial charge on any atom is 0.126 e. The van der Waals surface area contributed by atoms with Crippen molar-refractivity contribution in [3.8, 4) is 23.0 Å². The Kier molecular flexibility index (Phi) is 19.1. The van der Waals surface area contributed by atoms with Gasteiger partial charge in [-0.05, 0) is 60.1 Å². The van der Waals surface area contributed by atoms with Gasteiger partial charge in [0.2, 0.25) is 0 Å². The maximum atomic E-state index is 6.15. The highest BCUT2D eigenvalue weighted by Gasteiger charge is 2.09. The molecule has 0 bridgehead atoms. The summed E-state index contributed by atoms with van der Waals surface area (Å²) in [6.07, 6.45) is 24.7. The number of rotatable bonds is 22. The van der Waals surface area contributed by atoms with Crippen molar-refractivity contribution in [1.82, 2.24) is 0 Å². The highest BCUT2D eigenvalue weighted by molar-refractivity contribution is 5.61. The molecular formula is C42H60O4. The van der Waals surface area contributed by atoms with Crippen LogP contribution in [0.3, 0.4) is 0 Å². The van der Waals surface area contributed by atoms with Gasteiger partial charge in [0.25, 0.3) is 0 Å². The molecule has 0 unspecified atom stereocenters. The molecule has 0 spiro atoms. The third-order valence-electron chi connectivity index (χ3n) is 8.20. The van der Waals surface area contributed by atoms with Crippen LogP contribution in [-0.4, -0.2) is 26.4 Å². The molecule has 46 heavy (non-hydrogen) atoms. The Morgan fingerprint density at radius 3 is 1.07 bits per heavy atom. The van der Waals surface area contributed by atoms with Crippen molar-refractivity contribution >= 4 is 12.2 Å². The van der Waals surface area contributed by atoms with Gasteiger partial charge in [0.15, 0.2) is 0 Å². The average Bonchev–Trinajstić information content (AvgIpc) is 3.08. The Bertz CT molecular complexity index is 1170. The van der Waals surface area contributed by atoms with E-state index in [-0.39, 0.29) is 0 Å². The Hall–Kier alpha value is -3.66. The zero-order valence-electron chi connectivity index (χ0n) is 29.8. The van der Waals surface area contributed by atoms with Crippen LogP contribution in [0.2, 0.25) is 0 Å². The van der Waals surface area contributed by atoms with Crippen molar-refractivity contribution in [2.75, 3.05) is 26.4 Å². The first-order chi connectivity index (χ1) is 22.3. The Labute approximate surface area is 280 Å². The van der Waals surface area contributed by atoms with Gasteiger partial charge in [-0.3, -0.25) is 0 Å². The summed E-state index contributed by atoms with van der Waals surface area (Å²) < 4.78 is 24.4. The van der Waals surface area contributed by atoms with Crippen molar-refractivity contribution in [2.24, 2.45) is 23.7 Å². The SMILES string of the molecule is CC[C@H](C)COc1ccc(OC[C@@H](C)CC)c(/C=C/C=C/C=C/C=C/C=C/c2cc(OC[C@@H](C)CC)ccc2OC[C@@H](C)CC)c1. The van der Waals surface area contributed by atoms with Gasteiger partial charge in [-0.1, -0.05) is 142 Å². The van der Waals surface area contributed by atoms with E-state index in [2.05, 4.69) is 79.7 Å². The fourth-order valence-electron chi connectivity index (χ4n) is 3.87. The molecule has 0 fully saturated rings. The van der Waals surface area contributed by atoms with Gasteiger partial charge in [-0.15, -0.1) is 0 Å². The van der Waals surface area contributed by atoms with E-state index in [1.165, 1.54) is 0 Å². The second kappa shape index (κ2) is 22.8. The maximum absolute atomic E-state index is 6.15. The van der Waals surface area contributed by atoms with Crippen molar-refractivity contribution in [3.05, 3.63) is 96.1 Å². The molecule has 2 aromatic carbocycles. The molecule has 4 nitrogen and oxygen atoms in total. The molecule has 0 aliphatic carbocycles. The molecule has 0 N–H and O–H groups in total. The smallest absolute Gasteiger partial charge is 0.126 e. The average molecular weight is 629 g/mol. The van der Waals surface area contributed by atoms with Crippen molar-refractivity contribution in [2.45, 2.75) is 81.1 Å². The Balaban J connectivity index is 2.04. The topological polar surface area (TPSA) is 36.9 Å². The van der Waals surface area contributed by atoms with Crippen molar-refractivity contribution < 1.29 is 18.9 Å². The third-order valence-corrected chi connectivity index (χ3v) is 8.20. The minimum absolute atomic E-state index is 0.509. The van der Waals surface area contributed by atoms with Crippen LogP contribution in [0.5, 0.6) is 23.0 Å². The lowest BCUT2D eigenvalue weighted by Crippen LogP contribution is -2.09. The molecule has 252 valence electrons. The van der Waals surface area contributed by atoms with Crippen molar-refractivity contribution in [1.29, 1.82) is 0 Å². The van der Waals surface area contributed by atoms with E-state index in [1.807, 2.05) is 72.9 Å². The standard InChI is InChI=1S/C42H60O4/c1-9-33(5)29-43-39-23-25-41(45-31-35(7)11-3)37(27-39)21-19-17-15-13-14-16-18-20-22-38-28-40(44-30-34(6)10-2)24-26-42(38)46-32-36(8)12-4/h13-28,33-36H,9-12,29-32H2,1-8H3/b14-13+,17-15+,18-16+,21-19+,22-20+/t33-,34-,35-,36-/m0/s1. The molecule has 0 aromatic heterocycles. The molecule has 4 atom stereocenters. The van der Waals surface area contributed by atoms with Crippen LogP contribution in [0.1, 0.15) is 92.2 Å². The van der Waals surface area contributed by atoms with Gasteiger partial charge < -0.3 is 18.9 Å². The minimum Gasteiger partial charge on any atom is -0.493 e. The zero-order valence-corrected chi connectivity index (χ0v) is 29.8. The highest BCUT2D eigenvalue weighted by atomic mass is 16.5. The zero-order chi connectivity index (χ0) is 33.6. The molecule has 0 amide bonds. The van der Waals surface area contributed by atoms with Crippen LogP contribution in [0.4, 0.5) is 0 Å². The van der Waals surface area contributed by atoms with Gasteiger partial charge in [-0.25, -0.2) is 0 Å². The van der Waals surface area contributed by atoms with Gasteiger partial charge in [0.05, 0.1) is 26.4 Å². The van der Waals surface area contributed by atoms with Crippen LogP contribution in [0.25, 0.3) is 12.2 Å². The van der Waals surface area contributed by atoms with Gasteiger partial charge in [-0.2, -0.15) is 0 Å². The monoisotopic (exact) mass is 628 g/mol. The van der Waals surface area contributed by atoms with Crippen LogP contribution in [-0.2, 0) is 0 Å². The molecule has 0 heterocycles. The second-order valence-corrected chi connectivity index (χ2v) is 12.6. The molecule has 0 saturated carbocycles. The summed E-state index contributed by atoms with van der Waals surface area (Å²) in [5, 5.41) is 0. The lowest BCUT2D eigenvalue weighted by molar-refractivity contribution is 0.249. The second-order valence-electron chi connectivity index (χ2n) is 12.6. The van der Waals surface area contributed by atoms with E-state index in [0.29, 0.717) is 50.1 Å². The highest BCUT2D eigenvalue weighted by Crippen LogP contribution is 2.28. The number of hydrogen-bond donors (Lipinski definition) is 0. The summed E-state index contributed by atoms with van der Waals surface area (Å²) in [4.78, 5) is 0. The molecule has 0 aliphatic heterocycles. The van der Waals surface area contributed by atoms with E-state index in [0.717, 1.165) is 59.8 Å². The number of allylic oxidation sites excluding steroid dienone is 8. The molecule has 0 radical (unpaired) electrons. The fraction of sp³-hybridized carbons (Fsp3) is 0.476. The lowest BCUT2D eigenvalue weighted by Gasteiger charge is -2.15. The predicted molar refractivity (Wildman–Crippen MR) is 198 cm³/mol. The summed E-state index contributed by atoms with van der Waals surface area (Å²) in [5.41, 5.74) is 2.04. The summed E-state index contributed by atoms with van der Waals surface area (Å²) in [6, 6.07) is 12.2. The summed E-state index contributed by atoms with van der Waals surface area (Å²) in [6.45, 7) is 20.4. The van der Waals surface area contributed by atoms with Crippen molar-refractivity contribution in [3.63, 3.8) is 0 Å². The van der Waals surface area contributed by atoms with Crippen LogP contribution >= 0.6 is 0 Å². The Morgan fingerprint density at radius 2 is 0.739 bits per heavy atom. The summed E-state index contributed by atoms with van der Waals surface area (Å²) in [7, 11) is 0. The molecule has 2 aromatic rings. The van der Waals surface area contributed by atoms with Crippen LogP contribution in [0.15, 0.2) is 85.0 Å². The Morgan fingerprint density at radius 1 is 0.435 bits per heavy atom. The molecule has 2 rings (SSSR count). The van der Waals surface area contributed by atoms with E-state index < -0.39 is 0 Å². The van der Waals surface area contributed by atoms with E-state index >= 15 is 0 Å². The quantitative estimate of drug-likeness (QED) is 0.122. The number of hydrogen-bond acceptors (Lipinski definition) is 4. The van der Waals surface area contributed by atoms with Gasteiger partial charge in [0.1, 0.15) is 23.0 Å². The molecule has 0 aliphatic rings. The largest absolute Gasteiger partial charge is 0.493 e. The molecule has 0 saturated heterocycles. The first-order valence-electron chi connectivity index (χ1n) is 17.4. The van der Waals surface area contributed by atoms with Crippen LogP contribution < -0.4 is 18.9 Å². The minimum atomic E-state index is 0.509. The van der Waals surface area contributed by atoms with Crippen LogP contribution in [0, 0.1) is 23.7 Å². The number of ether oxygens (including phenoxy) is 4. The fourth-order valence-corrected chi connectivity index (χ4v) is 3.87. The predicted octanol–water partition coefficient (Wildman–Crippen LogP) is 11.8. The molecular weight excluding hydrogens is 568 g/mol. The van der Waals surface area contributed by atoms with Gasteiger partial charge in [0, 0.05) is 11.1 Å². The van der Waals surface area contributed by atoms with E-state index in [1.54, 1.807) is 0 Å². The summed E-state index contributed by atoms with van der Waals surface area (Å²) in [5.74, 6) is 5.57. The summed E-state index contributed by atoms with van der Waals surface area (Å²) >= 11 is 0. The lowest BCUT2D eigenvalue weighted by atomic mass is 10.1. The third kappa shape index (κ3) is 15.6. The normalized spacial score (nSPS) is 14.9. The molecule has 4 heteroatoms. The first kappa shape index (κ1) is 38.5. The van der Waals surface area contributed by atoms with Gasteiger partial charge >= 0.3 is 0 Å². The van der Waals surface area contributed by atoms with E-state index in [4.69, 9.17) is 18.9 Å².